The number of nitrogen functional groups attached to an aromatic ring is 1. The molecule has 0 spiro atoms. The van der Waals surface area contributed by atoms with Gasteiger partial charge >= 0.3 is 0 Å². The first-order chi connectivity index (χ1) is 10.1. The number of halogens is 2. The number of para-hydroxylation sites is 1. The molecule has 1 heterocycles. The van der Waals surface area contributed by atoms with Gasteiger partial charge in [0.05, 0.1) is 5.69 Å². The summed E-state index contributed by atoms with van der Waals surface area (Å²) in [6, 6.07) is 6.88. The zero-order valence-electron chi connectivity index (χ0n) is 11.5. The van der Waals surface area contributed by atoms with Crippen LogP contribution >= 0.6 is 11.8 Å². The maximum absolute atomic E-state index is 12.6. The lowest BCUT2D eigenvalue weighted by atomic mass is 10.1. The van der Waals surface area contributed by atoms with E-state index in [2.05, 4.69) is 15.3 Å². The molecule has 0 amide bonds. The maximum atomic E-state index is 12.6. The van der Waals surface area contributed by atoms with E-state index in [9.17, 15) is 8.78 Å². The SMILES string of the molecule is CCCc1c(N)ncnc1Nc1ccccc1SC(F)F. The van der Waals surface area contributed by atoms with Crippen molar-refractivity contribution in [3.05, 3.63) is 36.2 Å². The van der Waals surface area contributed by atoms with Crippen LogP contribution < -0.4 is 11.1 Å². The summed E-state index contributed by atoms with van der Waals surface area (Å²) in [4.78, 5) is 8.61. The third-order valence-electron chi connectivity index (χ3n) is 2.83. The molecule has 112 valence electrons. The number of aromatic nitrogens is 2. The molecule has 1 aromatic carbocycles. The van der Waals surface area contributed by atoms with Crippen LogP contribution in [-0.2, 0) is 6.42 Å². The van der Waals surface area contributed by atoms with E-state index in [-0.39, 0.29) is 0 Å². The Balaban J connectivity index is 2.32. The van der Waals surface area contributed by atoms with Gasteiger partial charge in [-0.3, -0.25) is 0 Å². The minimum Gasteiger partial charge on any atom is -0.383 e. The molecule has 0 atom stereocenters. The molecule has 0 unspecified atom stereocenters. The van der Waals surface area contributed by atoms with Crippen molar-refractivity contribution < 1.29 is 8.78 Å². The smallest absolute Gasteiger partial charge is 0.288 e. The number of nitrogens with one attached hydrogen (secondary N) is 1. The second kappa shape index (κ2) is 7.21. The van der Waals surface area contributed by atoms with E-state index in [4.69, 9.17) is 5.73 Å². The molecule has 1 aromatic heterocycles. The standard InChI is InChI=1S/C14H16F2N4S/c1-2-5-9-12(17)18-8-19-13(9)20-10-6-3-4-7-11(10)21-14(15)16/h3-4,6-8,14H,2,5H2,1H3,(H3,17,18,19,20). The summed E-state index contributed by atoms with van der Waals surface area (Å²) in [6.45, 7) is 2.02. The molecule has 0 aliphatic carbocycles. The lowest BCUT2D eigenvalue weighted by Crippen LogP contribution is -2.05. The van der Waals surface area contributed by atoms with Gasteiger partial charge < -0.3 is 11.1 Å². The zero-order valence-corrected chi connectivity index (χ0v) is 12.3. The number of rotatable bonds is 6. The highest BCUT2D eigenvalue weighted by Crippen LogP contribution is 2.34. The fraction of sp³-hybridized carbons (Fsp3) is 0.286. The second-order valence-corrected chi connectivity index (χ2v) is 5.37. The minimum atomic E-state index is -2.47. The average Bonchev–Trinajstić information content (AvgIpc) is 2.44. The van der Waals surface area contributed by atoms with Crippen molar-refractivity contribution in [2.45, 2.75) is 30.4 Å². The first kappa shape index (κ1) is 15.5. The van der Waals surface area contributed by atoms with Crippen LogP contribution in [0.4, 0.5) is 26.1 Å². The van der Waals surface area contributed by atoms with Gasteiger partial charge in [-0.05, 0) is 18.6 Å². The first-order valence-electron chi connectivity index (χ1n) is 6.52. The van der Waals surface area contributed by atoms with Crippen LogP contribution in [0.2, 0.25) is 0 Å². The molecular formula is C14H16F2N4S. The van der Waals surface area contributed by atoms with Crippen LogP contribution in [0.3, 0.4) is 0 Å². The van der Waals surface area contributed by atoms with E-state index in [1.807, 2.05) is 6.92 Å². The monoisotopic (exact) mass is 310 g/mol. The Bertz CT molecular complexity index is 607. The summed E-state index contributed by atoms with van der Waals surface area (Å²) in [7, 11) is 0. The molecular weight excluding hydrogens is 294 g/mol. The van der Waals surface area contributed by atoms with Gasteiger partial charge in [-0.2, -0.15) is 8.78 Å². The summed E-state index contributed by atoms with van der Waals surface area (Å²) in [5.74, 6) is -1.50. The number of nitrogens with two attached hydrogens (primary N) is 1. The Hall–Kier alpha value is -1.89. The van der Waals surface area contributed by atoms with Crippen LogP contribution in [-0.4, -0.2) is 15.7 Å². The zero-order chi connectivity index (χ0) is 15.2. The van der Waals surface area contributed by atoms with Crippen LogP contribution in [0, 0.1) is 0 Å². The van der Waals surface area contributed by atoms with Crippen molar-refractivity contribution in [1.29, 1.82) is 0 Å². The third-order valence-corrected chi connectivity index (χ3v) is 3.62. The van der Waals surface area contributed by atoms with Crippen LogP contribution in [0.1, 0.15) is 18.9 Å². The average molecular weight is 310 g/mol. The van der Waals surface area contributed by atoms with Crippen molar-refractivity contribution >= 4 is 29.1 Å². The van der Waals surface area contributed by atoms with Gasteiger partial charge in [-0.15, -0.1) is 0 Å². The number of nitrogens with zero attached hydrogens (tertiary/aromatic N) is 2. The predicted molar refractivity (Wildman–Crippen MR) is 82.0 cm³/mol. The Morgan fingerprint density at radius 1 is 1.29 bits per heavy atom. The van der Waals surface area contributed by atoms with E-state index in [0.29, 0.717) is 34.0 Å². The summed E-state index contributed by atoms with van der Waals surface area (Å²) < 4.78 is 25.2. The van der Waals surface area contributed by atoms with Crippen LogP contribution in [0.5, 0.6) is 0 Å². The van der Waals surface area contributed by atoms with E-state index in [1.54, 1.807) is 24.3 Å². The Morgan fingerprint density at radius 3 is 2.76 bits per heavy atom. The number of hydrogen-bond donors (Lipinski definition) is 2. The Morgan fingerprint density at radius 2 is 2.05 bits per heavy atom. The van der Waals surface area contributed by atoms with E-state index in [0.717, 1.165) is 18.4 Å². The number of hydrogen-bond acceptors (Lipinski definition) is 5. The van der Waals surface area contributed by atoms with Gasteiger partial charge in [0.15, 0.2) is 0 Å². The highest BCUT2D eigenvalue weighted by Gasteiger charge is 2.13. The minimum absolute atomic E-state index is 0.411. The third kappa shape index (κ3) is 4.04. The molecule has 0 radical (unpaired) electrons. The molecule has 2 rings (SSSR count). The molecule has 7 heteroatoms. The van der Waals surface area contributed by atoms with Crippen molar-refractivity contribution in [1.82, 2.24) is 9.97 Å². The van der Waals surface area contributed by atoms with Gasteiger partial charge in [0, 0.05) is 10.5 Å². The summed E-state index contributed by atoms with van der Waals surface area (Å²) in [5, 5.41) is 3.09. The molecule has 0 bridgehead atoms. The van der Waals surface area contributed by atoms with Crippen molar-refractivity contribution in [3.63, 3.8) is 0 Å². The molecule has 0 saturated heterocycles. The Labute approximate surface area is 126 Å². The van der Waals surface area contributed by atoms with E-state index < -0.39 is 5.76 Å². The molecule has 0 fully saturated rings. The van der Waals surface area contributed by atoms with Crippen molar-refractivity contribution in [3.8, 4) is 0 Å². The van der Waals surface area contributed by atoms with Gasteiger partial charge in [0.1, 0.15) is 18.0 Å². The largest absolute Gasteiger partial charge is 0.383 e. The molecule has 4 nitrogen and oxygen atoms in total. The van der Waals surface area contributed by atoms with Crippen molar-refractivity contribution in [2.75, 3.05) is 11.1 Å². The Kier molecular flexibility index (Phi) is 5.32. The number of anilines is 3. The van der Waals surface area contributed by atoms with Gasteiger partial charge in [-0.1, -0.05) is 37.2 Å². The van der Waals surface area contributed by atoms with Crippen LogP contribution in [0.25, 0.3) is 0 Å². The summed E-state index contributed by atoms with van der Waals surface area (Å²) in [5.41, 5.74) is 7.25. The molecule has 0 saturated carbocycles. The number of alkyl halides is 2. The number of benzene rings is 1. The van der Waals surface area contributed by atoms with Gasteiger partial charge in [0.2, 0.25) is 0 Å². The normalized spacial score (nSPS) is 10.9. The molecule has 0 aliphatic rings. The predicted octanol–water partition coefficient (Wildman–Crippen LogP) is 4.07. The van der Waals surface area contributed by atoms with Crippen molar-refractivity contribution in [2.24, 2.45) is 0 Å². The highest BCUT2D eigenvalue weighted by molar-refractivity contribution is 7.99. The molecule has 21 heavy (non-hydrogen) atoms. The maximum Gasteiger partial charge on any atom is 0.288 e. The first-order valence-corrected chi connectivity index (χ1v) is 7.40. The lowest BCUT2D eigenvalue weighted by Gasteiger charge is -2.14. The summed E-state index contributed by atoms with van der Waals surface area (Å²) >= 11 is 0.497. The summed E-state index contributed by atoms with van der Waals surface area (Å²) in [6.07, 6.45) is 2.97. The highest BCUT2D eigenvalue weighted by atomic mass is 32.2. The second-order valence-electron chi connectivity index (χ2n) is 4.34. The molecule has 2 aromatic rings. The van der Waals surface area contributed by atoms with Gasteiger partial charge in [-0.25, -0.2) is 9.97 Å². The topological polar surface area (TPSA) is 63.8 Å². The van der Waals surface area contributed by atoms with Gasteiger partial charge in [0.25, 0.3) is 5.76 Å². The van der Waals surface area contributed by atoms with Crippen LogP contribution in [0.15, 0.2) is 35.5 Å². The fourth-order valence-corrected chi connectivity index (χ4v) is 2.52. The fourth-order valence-electron chi connectivity index (χ4n) is 1.93. The molecule has 3 N–H and O–H groups in total. The lowest BCUT2D eigenvalue weighted by molar-refractivity contribution is 0.252. The number of thioether (sulfide) groups is 1. The van der Waals surface area contributed by atoms with E-state index in [1.165, 1.54) is 6.33 Å². The molecule has 0 aliphatic heterocycles. The quantitative estimate of drug-likeness (QED) is 0.787. The van der Waals surface area contributed by atoms with E-state index >= 15 is 0 Å².